The highest BCUT2D eigenvalue weighted by atomic mass is 32.3. The van der Waals surface area contributed by atoms with Gasteiger partial charge < -0.3 is 5.73 Å². The molecule has 0 bridgehead atoms. The summed E-state index contributed by atoms with van der Waals surface area (Å²) in [5, 5.41) is 0. The zero-order valence-electron chi connectivity index (χ0n) is 19.6. The van der Waals surface area contributed by atoms with E-state index in [1.54, 1.807) is 0 Å². The van der Waals surface area contributed by atoms with Gasteiger partial charge in [0.15, 0.2) is 0 Å². The number of nitrogens with two attached hydrogens (primary N) is 1. The van der Waals surface area contributed by atoms with Crippen molar-refractivity contribution >= 4 is 10.4 Å². The van der Waals surface area contributed by atoms with Crippen molar-refractivity contribution in [1.29, 1.82) is 0 Å². The molecule has 0 aromatic rings. The van der Waals surface area contributed by atoms with Crippen LogP contribution in [0.4, 0.5) is 0 Å². The summed E-state index contributed by atoms with van der Waals surface area (Å²) in [4.78, 5) is 0. The maximum Gasteiger partial charge on any atom is 0.394 e. The molecule has 6 heteroatoms. The average Bonchev–Trinajstić information content (AvgIpc) is 2.66. The zero-order chi connectivity index (χ0) is 22.4. The lowest BCUT2D eigenvalue weighted by molar-refractivity contribution is 0.350. The molecule has 0 rings (SSSR count). The summed E-state index contributed by atoms with van der Waals surface area (Å²) in [6.07, 6.45) is 26.5. The average molecular weight is 438 g/mol. The molecule has 0 fully saturated rings. The molecule has 0 radical (unpaired) electrons. The van der Waals surface area contributed by atoms with Gasteiger partial charge in [-0.05, 0) is 19.3 Å². The smallest absolute Gasteiger partial charge is 0.325 e. The van der Waals surface area contributed by atoms with Crippen molar-refractivity contribution in [2.45, 2.75) is 148 Å². The molecule has 0 aliphatic carbocycles. The van der Waals surface area contributed by atoms with Gasteiger partial charge in [0.2, 0.25) is 0 Å². The minimum Gasteiger partial charge on any atom is -0.325 e. The first-order valence-electron chi connectivity index (χ1n) is 12.2. The van der Waals surface area contributed by atoms with Crippen LogP contribution >= 0.6 is 0 Å². The maximum atomic E-state index is 8.74. The third-order valence-corrected chi connectivity index (χ3v) is 5.94. The maximum absolute atomic E-state index is 8.74. The van der Waals surface area contributed by atoms with Gasteiger partial charge in [0.1, 0.15) is 0 Å². The molecule has 4 N–H and O–H groups in total. The molecule has 178 valence electrons. The largest absolute Gasteiger partial charge is 0.394 e. The van der Waals surface area contributed by atoms with Gasteiger partial charge in [-0.3, -0.25) is 9.11 Å². The highest BCUT2D eigenvalue weighted by Crippen LogP contribution is 2.20. The van der Waals surface area contributed by atoms with Crippen LogP contribution in [0.15, 0.2) is 0 Å². The van der Waals surface area contributed by atoms with Crippen molar-refractivity contribution in [3.05, 3.63) is 0 Å². The van der Waals surface area contributed by atoms with Gasteiger partial charge in [-0.25, -0.2) is 0 Å². The third kappa shape index (κ3) is 30.1. The molecular formula is C23H51NO4S. The molecule has 0 aromatic heterocycles. The Kier molecular flexibility index (Phi) is 22.5. The van der Waals surface area contributed by atoms with Crippen LogP contribution in [0.25, 0.3) is 0 Å². The van der Waals surface area contributed by atoms with E-state index in [0.717, 1.165) is 12.8 Å². The van der Waals surface area contributed by atoms with Crippen molar-refractivity contribution in [2.24, 2.45) is 5.73 Å². The minimum atomic E-state index is -4.67. The lowest BCUT2D eigenvalue weighted by Crippen LogP contribution is -2.38. The first-order chi connectivity index (χ1) is 13.7. The van der Waals surface area contributed by atoms with E-state index in [1.165, 1.54) is 109 Å². The lowest BCUT2D eigenvalue weighted by Gasteiger charge is -2.26. The standard InChI is InChI=1S/C23H49N.H2O4S/c1-4-7-8-9-10-11-12-13-14-15-16-17-18-19-20-21-22-23(24,5-2)6-3;1-5(2,3)4/h4-22,24H2,1-3H3;(H2,1,2,3,4). The number of rotatable bonds is 19. The van der Waals surface area contributed by atoms with E-state index < -0.39 is 10.4 Å². The van der Waals surface area contributed by atoms with Crippen molar-refractivity contribution in [3.8, 4) is 0 Å². The van der Waals surface area contributed by atoms with Gasteiger partial charge in [-0.15, -0.1) is 0 Å². The van der Waals surface area contributed by atoms with E-state index >= 15 is 0 Å². The molecule has 0 aliphatic rings. The van der Waals surface area contributed by atoms with Crippen LogP contribution in [0.2, 0.25) is 0 Å². The van der Waals surface area contributed by atoms with E-state index in [9.17, 15) is 0 Å². The molecule has 0 aromatic carbocycles. The van der Waals surface area contributed by atoms with Crippen molar-refractivity contribution in [1.82, 2.24) is 0 Å². The summed E-state index contributed by atoms with van der Waals surface area (Å²) >= 11 is 0. The predicted molar refractivity (Wildman–Crippen MR) is 126 cm³/mol. The zero-order valence-corrected chi connectivity index (χ0v) is 20.4. The van der Waals surface area contributed by atoms with Crippen LogP contribution in [0.1, 0.15) is 143 Å². The summed E-state index contributed by atoms with van der Waals surface area (Å²) in [5.41, 5.74) is 6.48. The highest BCUT2D eigenvalue weighted by Gasteiger charge is 2.18. The highest BCUT2D eigenvalue weighted by molar-refractivity contribution is 7.79. The monoisotopic (exact) mass is 437 g/mol. The predicted octanol–water partition coefficient (Wildman–Crippen LogP) is 7.50. The summed E-state index contributed by atoms with van der Waals surface area (Å²) in [5.74, 6) is 0. The van der Waals surface area contributed by atoms with Crippen LogP contribution in [0, 0.1) is 0 Å². The van der Waals surface area contributed by atoms with Gasteiger partial charge >= 0.3 is 10.4 Å². The van der Waals surface area contributed by atoms with E-state index in [2.05, 4.69) is 20.8 Å². The van der Waals surface area contributed by atoms with Crippen LogP contribution in [0.3, 0.4) is 0 Å². The molecular weight excluding hydrogens is 386 g/mol. The van der Waals surface area contributed by atoms with Crippen LogP contribution < -0.4 is 5.73 Å². The fraction of sp³-hybridized carbons (Fsp3) is 1.00. The molecule has 0 saturated heterocycles. The van der Waals surface area contributed by atoms with Crippen molar-refractivity contribution < 1.29 is 17.5 Å². The Morgan fingerprint density at radius 2 is 0.828 bits per heavy atom. The second-order valence-electron chi connectivity index (χ2n) is 8.57. The molecule has 0 aliphatic heterocycles. The normalized spacial score (nSPS) is 11.9. The second kappa shape index (κ2) is 21.1. The van der Waals surface area contributed by atoms with Crippen LogP contribution in [0.5, 0.6) is 0 Å². The van der Waals surface area contributed by atoms with Crippen LogP contribution in [-0.2, 0) is 10.4 Å². The summed E-state index contributed by atoms with van der Waals surface area (Å²) in [6, 6.07) is 0. The SMILES string of the molecule is CCCCCCCCCCCCCCCCCCC(N)(CC)CC.O=S(=O)(O)O. The van der Waals surface area contributed by atoms with Crippen molar-refractivity contribution in [2.75, 3.05) is 0 Å². The van der Waals surface area contributed by atoms with Gasteiger partial charge in [0.25, 0.3) is 0 Å². The van der Waals surface area contributed by atoms with Crippen molar-refractivity contribution in [3.63, 3.8) is 0 Å². The van der Waals surface area contributed by atoms with Gasteiger partial charge in [0.05, 0.1) is 0 Å². The second-order valence-corrected chi connectivity index (χ2v) is 9.47. The summed E-state index contributed by atoms with van der Waals surface area (Å²) in [6.45, 7) is 6.76. The first-order valence-corrected chi connectivity index (χ1v) is 13.6. The van der Waals surface area contributed by atoms with E-state index in [4.69, 9.17) is 23.3 Å². The summed E-state index contributed by atoms with van der Waals surface area (Å²) in [7, 11) is -4.67. The molecule has 0 amide bonds. The Labute approximate surface area is 182 Å². The molecule has 0 heterocycles. The quantitative estimate of drug-likeness (QED) is 0.143. The van der Waals surface area contributed by atoms with Gasteiger partial charge in [0, 0.05) is 5.54 Å². The van der Waals surface area contributed by atoms with Crippen LogP contribution in [-0.4, -0.2) is 23.1 Å². The van der Waals surface area contributed by atoms with E-state index in [-0.39, 0.29) is 5.54 Å². The Hall–Kier alpha value is -0.170. The fourth-order valence-electron chi connectivity index (χ4n) is 3.63. The number of hydrogen-bond donors (Lipinski definition) is 3. The number of hydrogen-bond acceptors (Lipinski definition) is 3. The fourth-order valence-corrected chi connectivity index (χ4v) is 3.63. The number of unbranched alkanes of at least 4 members (excludes halogenated alkanes) is 15. The molecule has 5 nitrogen and oxygen atoms in total. The lowest BCUT2D eigenvalue weighted by atomic mass is 9.88. The Morgan fingerprint density at radius 1 is 0.586 bits per heavy atom. The minimum absolute atomic E-state index is 0.121. The third-order valence-electron chi connectivity index (χ3n) is 5.94. The molecule has 0 atom stereocenters. The van der Waals surface area contributed by atoms with Gasteiger partial charge in [-0.1, -0.05) is 124 Å². The first kappa shape index (κ1) is 31.0. The van der Waals surface area contributed by atoms with E-state index in [0.29, 0.717) is 0 Å². The Bertz CT molecular complexity index is 415. The van der Waals surface area contributed by atoms with Gasteiger partial charge in [-0.2, -0.15) is 8.42 Å². The topological polar surface area (TPSA) is 101 Å². The Morgan fingerprint density at radius 3 is 1.07 bits per heavy atom. The van der Waals surface area contributed by atoms with E-state index in [1.807, 2.05) is 0 Å². The summed E-state index contributed by atoms with van der Waals surface area (Å²) < 4.78 is 31.6. The molecule has 0 saturated carbocycles. The molecule has 0 spiro atoms. The Balaban J connectivity index is 0. The molecule has 29 heavy (non-hydrogen) atoms. The molecule has 0 unspecified atom stereocenters.